The van der Waals surface area contributed by atoms with E-state index in [0.717, 1.165) is 10.9 Å². The van der Waals surface area contributed by atoms with E-state index in [1.807, 2.05) is 0 Å². The summed E-state index contributed by atoms with van der Waals surface area (Å²) in [6.45, 7) is 0.457. The van der Waals surface area contributed by atoms with Gasteiger partial charge in [-0.15, -0.1) is 5.10 Å². The second-order valence-electron chi connectivity index (χ2n) is 8.68. The summed E-state index contributed by atoms with van der Waals surface area (Å²) < 4.78 is 57.6. The predicted molar refractivity (Wildman–Crippen MR) is 127 cm³/mol. The summed E-state index contributed by atoms with van der Waals surface area (Å²) >= 11 is 0. The van der Waals surface area contributed by atoms with E-state index in [0.29, 0.717) is 25.1 Å². The number of hydrogen-bond donors (Lipinski definition) is 3. The SMILES string of the molecule is NC(=O)CCC(C(=O)NC1CCCN(c2ccccc2)C1=O)n1cc(-c2c(F)c(F)c(N)c(F)c2F)nn1. The highest BCUT2D eigenvalue weighted by Gasteiger charge is 2.34. The molecule has 0 bridgehead atoms. The van der Waals surface area contributed by atoms with Gasteiger partial charge in [0.25, 0.3) is 0 Å². The number of carbonyl (C=O) groups is 3. The molecule has 2 unspecified atom stereocenters. The van der Waals surface area contributed by atoms with Crippen LogP contribution in [0.15, 0.2) is 36.5 Å². The molecule has 1 aliphatic rings. The van der Waals surface area contributed by atoms with Gasteiger partial charge in [0.15, 0.2) is 23.3 Å². The maximum Gasteiger partial charge on any atom is 0.249 e. The van der Waals surface area contributed by atoms with Crippen LogP contribution in [0.4, 0.5) is 28.9 Å². The first-order valence-corrected chi connectivity index (χ1v) is 11.6. The number of nitrogens with zero attached hydrogens (tertiary/aromatic N) is 4. The monoisotopic (exact) mass is 533 g/mol. The third-order valence-corrected chi connectivity index (χ3v) is 6.17. The van der Waals surface area contributed by atoms with Gasteiger partial charge in [-0.1, -0.05) is 23.4 Å². The van der Waals surface area contributed by atoms with Gasteiger partial charge in [-0.05, 0) is 31.4 Å². The molecule has 14 heteroatoms. The fraction of sp³-hybridized carbons (Fsp3) is 0.292. The number of rotatable bonds is 8. The normalized spacial score (nSPS) is 16.4. The molecule has 5 N–H and O–H groups in total. The van der Waals surface area contributed by atoms with E-state index in [-0.39, 0.29) is 18.7 Å². The Hall–Kier alpha value is -4.49. The van der Waals surface area contributed by atoms with Crippen molar-refractivity contribution in [2.75, 3.05) is 17.2 Å². The largest absolute Gasteiger partial charge is 0.394 e. The van der Waals surface area contributed by atoms with Crippen molar-refractivity contribution in [2.24, 2.45) is 5.73 Å². The van der Waals surface area contributed by atoms with Crippen molar-refractivity contribution in [1.29, 1.82) is 0 Å². The number of nitrogen functional groups attached to an aromatic ring is 1. The molecule has 0 saturated carbocycles. The van der Waals surface area contributed by atoms with Crippen LogP contribution < -0.4 is 21.7 Å². The van der Waals surface area contributed by atoms with Gasteiger partial charge in [-0.2, -0.15) is 0 Å². The topological polar surface area (TPSA) is 149 Å². The minimum Gasteiger partial charge on any atom is -0.394 e. The Balaban J connectivity index is 1.60. The fourth-order valence-electron chi connectivity index (χ4n) is 4.22. The molecule has 0 aliphatic carbocycles. The van der Waals surface area contributed by atoms with E-state index in [1.165, 1.54) is 4.90 Å². The lowest BCUT2D eigenvalue weighted by atomic mass is 10.0. The number of benzene rings is 2. The van der Waals surface area contributed by atoms with Crippen molar-refractivity contribution >= 4 is 29.1 Å². The summed E-state index contributed by atoms with van der Waals surface area (Å²) in [6.07, 6.45) is 1.34. The lowest BCUT2D eigenvalue weighted by molar-refractivity contribution is -0.131. The highest BCUT2D eigenvalue weighted by Crippen LogP contribution is 2.32. The Bertz CT molecular complexity index is 1350. The first-order chi connectivity index (χ1) is 18.1. The second kappa shape index (κ2) is 10.9. The van der Waals surface area contributed by atoms with Crippen molar-refractivity contribution in [1.82, 2.24) is 20.3 Å². The lowest BCUT2D eigenvalue weighted by Gasteiger charge is -2.33. The minimum atomic E-state index is -1.81. The summed E-state index contributed by atoms with van der Waals surface area (Å²) in [5.41, 5.74) is 7.79. The average molecular weight is 533 g/mol. The second-order valence-corrected chi connectivity index (χ2v) is 8.68. The molecule has 1 aromatic heterocycles. The Morgan fingerprint density at radius 3 is 2.37 bits per heavy atom. The average Bonchev–Trinajstić information content (AvgIpc) is 3.37. The Labute approximate surface area is 213 Å². The van der Waals surface area contributed by atoms with E-state index in [4.69, 9.17) is 11.5 Å². The molecule has 0 spiro atoms. The van der Waals surface area contributed by atoms with Gasteiger partial charge in [-0.3, -0.25) is 14.4 Å². The van der Waals surface area contributed by atoms with Crippen molar-refractivity contribution in [3.8, 4) is 11.3 Å². The van der Waals surface area contributed by atoms with Crippen LogP contribution in [0.3, 0.4) is 0 Å². The number of amides is 3. The summed E-state index contributed by atoms with van der Waals surface area (Å²) in [4.78, 5) is 39.3. The minimum absolute atomic E-state index is 0.206. The molecule has 1 fully saturated rings. The Morgan fingerprint density at radius 1 is 1.08 bits per heavy atom. The number of aromatic nitrogens is 3. The zero-order chi connectivity index (χ0) is 27.6. The van der Waals surface area contributed by atoms with Crippen LogP contribution in [0.2, 0.25) is 0 Å². The van der Waals surface area contributed by atoms with Crippen LogP contribution in [0.25, 0.3) is 11.3 Å². The van der Waals surface area contributed by atoms with Crippen LogP contribution in [-0.2, 0) is 14.4 Å². The maximum atomic E-state index is 14.4. The summed E-state index contributed by atoms with van der Waals surface area (Å²) in [6, 6.07) is 6.68. The van der Waals surface area contributed by atoms with Crippen molar-refractivity contribution in [3.05, 3.63) is 59.8 Å². The molecule has 10 nitrogen and oxygen atoms in total. The highest BCUT2D eigenvalue weighted by molar-refractivity contribution is 6.00. The molecule has 1 saturated heterocycles. The summed E-state index contributed by atoms with van der Waals surface area (Å²) in [5.74, 6) is -9.04. The molecule has 38 heavy (non-hydrogen) atoms. The van der Waals surface area contributed by atoms with Crippen molar-refractivity contribution in [2.45, 2.75) is 37.8 Å². The first kappa shape index (κ1) is 26.6. The van der Waals surface area contributed by atoms with Gasteiger partial charge >= 0.3 is 0 Å². The van der Waals surface area contributed by atoms with E-state index in [2.05, 4.69) is 15.6 Å². The zero-order valence-corrected chi connectivity index (χ0v) is 19.8. The summed E-state index contributed by atoms with van der Waals surface area (Å²) in [7, 11) is 0. The number of para-hydroxylation sites is 1. The zero-order valence-electron chi connectivity index (χ0n) is 19.8. The number of anilines is 2. The quantitative estimate of drug-likeness (QED) is 0.230. The molecular weight excluding hydrogens is 510 g/mol. The maximum absolute atomic E-state index is 14.4. The molecule has 0 radical (unpaired) electrons. The van der Waals surface area contributed by atoms with Crippen LogP contribution in [0.1, 0.15) is 31.7 Å². The molecular formula is C24H23F4N7O3. The third kappa shape index (κ3) is 5.14. The van der Waals surface area contributed by atoms with Crippen LogP contribution in [0, 0.1) is 23.3 Å². The van der Waals surface area contributed by atoms with Gasteiger partial charge in [0.2, 0.25) is 17.7 Å². The van der Waals surface area contributed by atoms with Crippen LogP contribution >= 0.6 is 0 Å². The number of piperidine rings is 1. The standard InChI is InChI=1S/C24H23F4N7O3/c25-18-17(19(26)21(28)22(30)20(18)27)14-11-35(33-32-14)15(8-9-16(29)36)23(37)31-13-7-4-10-34(24(13)38)12-5-2-1-3-6-12/h1-3,5-6,11,13,15H,4,7-10,30H2,(H2,29,36)(H,31,37). The number of halogens is 4. The third-order valence-electron chi connectivity index (χ3n) is 6.17. The summed E-state index contributed by atoms with van der Waals surface area (Å²) in [5, 5.41) is 9.86. The Morgan fingerprint density at radius 2 is 1.74 bits per heavy atom. The molecule has 2 aromatic carbocycles. The van der Waals surface area contributed by atoms with E-state index < -0.39 is 64.1 Å². The smallest absolute Gasteiger partial charge is 0.249 e. The fourth-order valence-corrected chi connectivity index (χ4v) is 4.22. The van der Waals surface area contributed by atoms with Crippen LogP contribution in [-0.4, -0.2) is 45.3 Å². The van der Waals surface area contributed by atoms with Crippen molar-refractivity contribution < 1.29 is 31.9 Å². The van der Waals surface area contributed by atoms with Gasteiger partial charge in [0.05, 0.1) is 11.8 Å². The van der Waals surface area contributed by atoms with E-state index >= 15 is 0 Å². The number of nitrogens with one attached hydrogen (secondary N) is 1. The number of carbonyl (C=O) groups excluding carboxylic acids is 3. The molecule has 3 amide bonds. The van der Waals surface area contributed by atoms with Gasteiger partial charge in [0.1, 0.15) is 23.5 Å². The number of nitrogens with two attached hydrogens (primary N) is 2. The molecule has 4 rings (SSSR count). The molecule has 1 aliphatic heterocycles. The highest BCUT2D eigenvalue weighted by atomic mass is 19.2. The van der Waals surface area contributed by atoms with Crippen molar-refractivity contribution in [3.63, 3.8) is 0 Å². The van der Waals surface area contributed by atoms with Gasteiger partial charge in [-0.25, -0.2) is 22.2 Å². The Kier molecular flexibility index (Phi) is 7.60. The number of primary amides is 1. The van der Waals surface area contributed by atoms with Gasteiger partial charge in [0, 0.05) is 18.7 Å². The number of hydrogen-bond acceptors (Lipinski definition) is 6. The molecule has 2 heterocycles. The predicted octanol–water partition coefficient (Wildman–Crippen LogP) is 2.20. The molecule has 200 valence electrons. The first-order valence-electron chi connectivity index (χ1n) is 11.6. The molecule has 3 aromatic rings. The van der Waals surface area contributed by atoms with E-state index in [9.17, 15) is 31.9 Å². The van der Waals surface area contributed by atoms with Gasteiger partial charge < -0.3 is 21.7 Å². The molecule has 2 atom stereocenters. The lowest BCUT2D eigenvalue weighted by Crippen LogP contribution is -2.53. The van der Waals surface area contributed by atoms with E-state index in [1.54, 1.807) is 30.3 Å². The van der Waals surface area contributed by atoms with Crippen LogP contribution in [0.5, 0.6) is 0 Å².